The van der Waals surface area contributed by atoms with Crippen molar-refractivity contribution in [1.29, 1.82) is 0 Å². The number of halogens is 1. The smallest absolute Gasteiger partial charge is 0.0725 e. The third-order valence-electron chi connectivity index (χ3n) is 2.70. The normalized spacial score (nSPS) is 12.6. The van der Waals surface area contributed by atoms with Gasteiger partial charge in [-0.2, -0.15) is 0 Å². The maximum Gasteiger partial charge on any atom is 0.0725 e. The SMILES string of the molecule is Cc1cc(NCCC(C)Cl)c2ccccc2n1. The predicted octanol–water partition coefficient (Wildman–Crippen LogP) is 3.97. The van der Waals surface area contributed by atoms with Crippen molar-refractivity contribution in [1.82, 2.24) is 4.98 Å². The Morgan fingerprint density at radius 2 is 2.12 bits per heavy atom. The van der Waals surface area contributed by atoms with Crippen LogP contribution >= 0.6 is 11.6 Å². The van der Waals surface area contributed by atoms with Crippen molar-refractivity contribution in [2.24, 2.45) is 0 Å². The van der Waals surface area contributed by atoms with Crippen LogP contribution in [0.25, 0.3) is 10.9 Å². The third kappa shape index (κ3) is 3.10. The maximum atomic E-state index is 5.94. The summed E-state index contributed by atoms with van der Waals surface area (Å²) in [6, 6.07) is 10.3. The molecule has 1 aromatic carbocycles. The molecule has 1 N–H and O–H groups in total. The van der Waals surface area contributed by atoms with Crippen LogP contribution in [0, 0.1) is 6.92 Å². The van der Waals surface area contributed by atoms with E-state index in [1.165, 1.54) is 5.39 Å². The van der Waals surface area contributed by atoms with Gasteiger partial charge >= 0.3 is 0 Å². The van der Waals surface area contributed by atoms with Gasteiger partial charge in [0, 0.05) is 28.7 Å². The molecule has 1 heterocycles. The molecule has 3 heteroatoms. The van der Waals surface area contributed by atoms with Crippen LogP contribution in [0.5, 0.6) is 0 Å². The second-order valence-corrected chi connectivity index (χ2v) is 5.07. The van der Waals surface area contributed by atoms with Crippen molar-refractivity contribution in [2.75, 3.05) is 11.9 Å². The fourth-order valence-corrected chi connectivity index (χ4v) is 1.97. The molecule has 2 nitrogen and oxygen atoms in total. The van der Waals surface area contributed by atoms with Crippen LogP contribution in [0.1, 0.15) is 19.0 Å². The fourth-order valence-electron chi connectivity index (χ4n) is 1.86. The van der Waals surface area contributed by atoms with Gasteiger partial charge in [-0.15, -0.1) is 11.6 Å². The zero-order valence-electron chi connectivity index (χ0n) is 10.2. The van der Waals surface area contributed by atoms with E-state index in [0.29, 0.717) is 0 Å². The molecule has 0 bridgehead atoms. The van der Waals surface area contributed by atoms with E-state index in [-0.39, 0.29) is 5.38 Å². The Labute approximate surface area is 107 Å². The molecule has 2 aromatic rings. The van der Waals surface area contributed by atoms with Gasteiger partial charge in [0.2, 0.25) is 0 Å². The van der Waals surface area contributed by atoms with E-state index in [1.807, 2.05) is 32.0 Å². The van der Waals surface area contributed by atoms with Crippen LogP contribution < -0.4 is 5.32 Å². The minimum absolute atomic E-state index is 0.205. The van der Waals surface area contributed by atoms with Crippen molar-refractivity contribution >= 4 is 28.2 Å². The van der Waals surface area contributed by atoms with E-state index in [0.717, 1.165) is 29.9 Å². The summed E-state index contributed by atoms with van der Waals surface area (Å²) in [7, 11) is 0. The quantitative estimate of drug-likeness (QED) is 0.828. The number of fused-ring (bicyclic) bond motifs is 1. The molecule has 0 saturated carbocycles. The highest BCUT2D eigenvalue weighted by Gasteiger charge is 2.03. The van der Waals surface area contributed by atoms with Gasteiger partial charge in [-0.3, -0.25) is 4.98 Å². The predicted molar refractivity (Wildman–Crippen MR) is 74.9 cm³/mol. The minimum atomic E-state index is 0.205. The number of rotatable bonds is 4. The molecular formula is C14H17ClN2. The molecule has 0 spiro atoms. The Bertz CT molecular complexity index is 509. The van der Waals surface area contributed by atoms with Crippen molar-refractivity contribution < 1.29 is 0 Å². The average molecular weight is 249 g/mol. The number of nitrogens with one attached hydrogen (secondary N) is 1. The Kier molecular flexibility index (Phi) is 3.85. The summed E-state index contributed by atoms with van der Waals surface area (Å²) in [5, 5.41) is 4.81. The second kappa shape index (κ2) is 5.37. The standard InChI is InChI=1S/C14H17ClN2/c1-10(15)7-8-16-14-9-11(2)17-13-6-4-3-5-12(13)14/h3-6,9-10H,7-8H2,1-2H3,(H,16,17). The first kappa shape index (κ1) is 12.2. The molecule has 0 aliphatic heterocycles. The molecule has 0 aliphatic rings. The zero-order chi connectivity index (χ0) is 12.3. The minimum Gasteiger partial charge on any atom is -0.384 e. The van der Waals surface area contributed by atoms with Gasteiger partial charge < -0.3 is 5.32 Å². The molecule has 0 aliphatic carbocycles. The number of pyridine rings is 1. The fraction of sp³-hybridized carbons (Fsp3) is 0.357. The van der Waals surface area contributed by atoms with Crippen LogP contribution in [0.15, 0.2) is 30.3 Å². The van der Waals surface area contributed by atoms with E-state index in [4.69, 9.17) is 11.6 Å². The van der Waals surface area contributed by atoms with Crippen molar-refractivity contribution in [3.05, 3.63) is 36.0 Å². The summed E-state index contributed by atoms with van der Waals surface area (Å²) in [4.78, 5) is 4.51. The van der Waals surface area contributed by atoms with Crippen LogP contribution in [0.2, 0.25) is 0 Å². The topological polar surface area (TPSA) is 24.9 Å². The van der Waals surface area contributed by atoms with Gasteiger partial charge in [0.25, 0.3) is 0 Å². The first-order valence-electron chi connectivity index (χ1n) is 5.91. The summed E-state index contributed by atoms with van der Waals surface area (Å²) < 4.78 is 0. The lowest BCUT2D eigenvalue weighted by Gasteiger charge is -2.11. The number of nitrogens with zero attached hydrogens (tertiary/aromatic N) is 1. The first-order chi connectivity index (χ1) is 8.16. The Balaban J connectivity index is 2.26. The number of hydrogen-bond donors (Lipinski definition) is 1. The van der Waals surface area contributed by atoms with E-state index in [1.54, 1.807) is 0 Å². The van der Waals surface area contributed by atoms with E-state index in [2.05, 4.69) is 22.4 Å². The summed E-state index contributed by atoms with van der Waals surface area (Å²) in [6.45, 7) is 4.92. The highest BCUT2D eigenvalue weighted by molar-refractivity contribution is 6.20. The molecular weight excluding hydrogens is 232 g/mol. The molecule has 17 heavy (non-hydrogen) atoms. The van der Waals surface area contributed by atoms with Gasteiger partial charge in [0.1, 0.15) is 0 Å². The molecule has 1 aromatic heterocycles. The van der Waals surface area contributed by atoms with Gasteiger partial charge in [-0.05, 0) is 32.4 Å². The highest BCUT2D eigenvalue weighted by atomic mass is 35.5. The van der Waals surface area contributed by atoms with Gasteiger partial charge in [-0.1, -0.05) is 18.2 Å². The largest absolute Gasteiger partial charge is 0.384 e. The van der Waals surface area contributed by atoms with Gasteiger partial charge in [0.15, 0.2) is 0 Å². The Morgan fingerprint density at radius 3 is 2.88 bits per heavy atom. The summed E-state index contributed by atoms with van der Waals surface area (Å²) in [5.41, 5.74) is 3.21. The van der Waals surface area contributed by atoms with Crippen molar-refractivity contribution in [3.8, 4) is 0 Å². The van der Waals surface area contributed by atoms with Gasteiger partial charge in [-0.25, -0.2) is 0 Å². The molecule has 1 unspecified atom stereocenters. The third-order valence-corrected chi connectivity index (χ3v) is 2.92. The molecule has 0 amide bonds. The molecule has 1 atom stereocenters. The van der Waals surface area contributed by atoms with Crippen molar-refractivity contribution in [2.45, 2.75) is 25.6 Å². The number of aryl methyl sites for hydroxylation is 1. The van der Waals surface area contributed by atoms with Crippen LogP contribution in [-0.2, 0) is 0 Å². The lowest BCUT2D eigenvalue weighted by Crippen LogP contribution is -2.07. The Hall–Kier alpha value is -1.28. The molecule has 0 fully saturated rings. The number of para-hydroxylation sites is 1. The highest BCUT2D eigenvalue weighted by Crippen LogP contribution is 2.22. The average Bonchev–Trinajstić information content (AvgIpc) is 2.28. The van der Waals surface area contributed by atoms with E-state index >= 15 is 0 Å². The summed E-state index contributed by atoms with van der Waals surface area (Å²) in [6.07, 6.45) is 0.956. The number of benzene rings is 1. The van der Waals surface area contributed by atoms with Crippen LogP contribution in [0.4, 0.5) is 5.69 Å². The monoisotopic (exact) mass is 248 g/mol. The number of aromatic nitrogens is 1. The molecule has 0 saturated heterocycles. The number of alkyl halides is 1. The lowest BCUT2D eigenvalue weighted by molar-refractivity contribution is 0.843. The zero-order valence-corrected chi connectivity index (χ0v) is 11.0. The summed E-state index contributed by atoms with van der Waals surface area (Å²) in [5.74, 6) is 0. The number of anilines is 1. The van der Waals surface area contributed by atoms with Gasteiger partial charge in [0.05, 0.1) is 5.52 Å². The van der Waals surface area contributed by atoms with Crippen LogP contribution in [0.3, 0.4) is 0 Å². The van der Waals surface area contributed by atoms with Crippen molar-refractivity contribution in [3.63, 3.8) is 0 Å². The van der Waals surface area contributed by atoms with E-state index in [9.17, 15) is 0 Å². The Morgan fingerprint density at radius 1 is 1.35 bits per heavy atom. The van der Waals surface area contributed by atoms with E-state index < -0.39 is 0 Å². The maximum absolute atomic E-state index is 5.94. The number of hydrogen-bond acceptors (Lipinski definition) is 2. The second-order valence-electron chi connectivity index (χ2n) is 4.32. The van der Waals surface area contributed by atoms with Crippen LogP contribution in [-0.4, -0.2) is 16.9 Å². The summed E-state index contributed by atoms with van der Waals surface area (Å²) >= 11 is 5.94. The first-order valence-corrected chi connectivity index (χ1v) is 6.35. The lowest BCUT2D eigenvalue weighted by atomic mass is 10.1. The molecule has 2 rings (SSSR count). The molecule has 0 radical (unpaired) electrons. The molecule has 90 valence electrons.